The fourth-order valence-electron chi connectivity index (χ4n) is 7.37. The molecule has 1 aliphatic rings. The van der Waals surface area contributed by atoms with Crippen molar-refractivity contribution in [3.05, 3.63) is 88.7 Å². The fourth-order valence-corrected chi connectivity index (χ4v) is 7.37. The van der Waals surface area contributed by atoms with Crippen molar-refractivity contribution in [3.63, 3.8) is 0 Å². The smallest absolute Gasteiger partial charge is 0.326 e. The van der Waals surface area contributed by atoms with Gasteiger partial charge in [0.05, 0.1) is 30.1 Å². The van der Waals surface area contributed by atoms with Gasteiger partial charge in [0.2, 0.25) is 17.7 Å². The number of carbonyl (C=O) groups is 5. The minimum absolute atomic E-state index is 0.00210. The summed E-state index contributed by atoms with van der Waals surface area (Å²) in [7, 11) is 1.40. The molecule has 342 valence electrons. The highest BCUT2D eigenvalue weighted by molar-refractivity contribution is 6.00. The van der Waals surface area contributed by atoms with Crippen LogP contribution in [0.2, 0.25) is 0 Å². The maximum atomic E-state index is 14.6. The number of benzene rings is 3. The van der Waals surface area contributed by atoms with Crippen LogP contribution in [-0.2, 0) is 25.6 Å². The van der Waals surface area contributed by atoms with Crippen LogP contribution in [0.3, 0.4) is 0 Å². The lowest BCUT2D eigenvalue weighted by molar-refractivity contribution is -0.142. The molecule has 1 aromatic heterocycles. The van der Waals surface area contributed by atoms with Crippen molar-refractivity contribution in [1.29, 1.82) is 0 Å². The number of carbonyl (C=O) groups excluding carboxylic acids is 4. The maximum absolute atomic E-state index is 14.6. The Balaban J connectivity index is 1.50. The van der Waals surface area contributed by atoms with Crippen LogP contribution in [0.25, 0.3) is 22.5 Å². The van der Waals surface area contributed by atoms with Gasteiger partial charge in [-0.3, -0.25) is 19.2 Å². The molecule has 18 nitrogen and oxygen atoms in total. The molecule has 4 aromatic rings. The predicted octanol–water partition coefficient (Wildman–Crippen LogP) is 2.56. The van der Waals surface area contributed by atoms with Crippen molar-refractivity contribution in [3.8, 4) is 39.8 Å². The van der Waals surface area contributed by atoms with Crippen LogP contribution in [0.15, 0.2) is 60.7 Å². The Hall–Kier alpha value is -6.63. The molecular formula is C46H59N9O9. The number of nitrogens with two attached hydrogens (primary N) is 3. The Kier molecular flexibility index (Phi) is 17.5. The van der Waals surface area contributed by atoms with E-state index in [4.69, 9.17) is 31.4 Å². The summed E-state index contributed by atoms with van der Waals surface area (Å²) in [6, 6.07) is 13.4. The number of aliphatic carboxylic acids is 1. The summed E-state index contributed by atoms with van der Waals surface area (Å²) >= 11 is 0. The second kappa shape index (κ2) is 23.2. The van der Waals surface area contributed by atoms with Crippen molar-refractivity contribution in [2.45, 2.75) is 71.0 Å². The van der Waals surface area contributed by atoms with Crippen molar-refractivity contribution < 1.29 is 43.3 Å². The second-order valence-electron chi connectivity index (χ2n) is 15.4. The third kappa shape index (κ3) is 12.3. The van der Waals surface area contributed by atoms with Gasteiger partial charge in [-0.25, -0.2) is 14.8 Å². The Morgan fingerprint density at radius 1 is 0.859 bits per heavy atom. The zero-order valence-electron chi connectivity index (χ0n) is 36.8. The van der Waals surface area contributed by atoms with Crippen molar-refractivity contribution in [1.82, 2.24) is 30.8 Å². The van der Waals surface area contributed by atoms with Crippen LogP contribution < -0.4 is 47.4 Å². The van der Waals surface area contributed by atoms with E-state index in [1.807, 2.05) is 24.3 Å². The van der Waals surface area contributed by atoms with Gasteiger partial charge in [0.15, 0.2) is 5.82 Å². The summed E-state index contributed by atoms with van der Waals surface area (Å²) in [5, 5.41) is 17.9. The molecule has 0 saturated carbocycles. The molecule has 5 rings (SSSR count). The molecule has 3 atom stereocenters. The summed E-state index contributed by atoms with van der Waals surface area (Å²) in [5.41, 5.74) is 21.0. The minimum atomic E-state index is -1.39. The van der Waals surface area contributed by atoms with Crippen molar-refractivity contribution in [2.75, 3.05) is 53.0 Å². The van der Waals surface area contributed by atoms with Crippen LogP contribution in [0.5, 0.6) is 17.2 Å². The van der Waals surface area contributed by atoms with Crippen LogP contribution >= 0.6 is 0 Å². The maximum Gasteiger partial charge on any atom is 0.326 e. The number of aryl methyl sites for hydroxylation is 2. The first-order valence-electron chi connectivity index (χ1n) is 21.4. The Labute approximate surface area is 372 Å². The number of aromatic nitrogens is 2. The number of nitrogens with one attached hydrogen (secondary N) is 3. The predicted molar refractivity (Wildman–Crippen MR) is 240 cm³/mol. The van der Waals surface area contributed by atoms with E-state index in [1.54, 1.807) is 50.2 Å². The number of nitrogens with zero attached hydrogens (tertiary/aromatic N) is 3. The molecule has 0 unspecified atom stereocenters. The lowest BCUT2D eigenvalue weighted by Crippen LogP contribution is -2.52. The van der Waals surface area contributed by atoms with Gasteiger partial charge in [-0.15, -0.1) is 0 Å². The summed E-state index contributed by atoms with van der Waals surface area (Å²) < 4.78 is 17.9. The molecule has 0 aliphatic carbocycles. The molecule has 0 fully saturated rings. The highest BCUT2D eigenvalue weighted by Crippen LogP contribution is 2.40. The number of hydrogen-bond acceptors (Lipinski definition) is 13. The number of ether oxygens (including phenoxy) is 3. The van der Waals surface area contributed by atoms with Gasteiger partial charge in [0.1, 0.15) is 48.6 Å². The van der Waals surface area contributed by atoms with Gasteiger partial charge in [0, 0.05) is 43.2 Å². The third-order valence-electron chi connectivity index (χ3n) is 10.6. The number of unbranched alkanes of at least 4 members (excludes halogenated alkanes) is 2. The lowest BCUT2D eigenvalue weighted by atomic mass is 9.93. The number of rotatable bonds is 19. The van der Waals surface area contributed by atoms with Crippen LogP contribution in [0.1, 0.15) is 71.5 Å². The van der Waals surface area contributed by atoms with Crippen molar-refractivity contribution >= 4 is 29.6 Å². The SMILES string of the molecule is CCCCCOc1ccc(-c2nc(C)c(C(=O)N[C@@H](CCN)C(=O)N(C)[C@@H]3C(=O)NCC(=O)N[C@H](C(=O)O)Cc4ccc(OCCN)c(c4)-c4cc3ccc4OCCN)c(C)n2)cc1. The van der Waals surface area contributed by atoms with E-state index in [0.29, 0.717) is 57.6 Å². The first-order chi connectivity index (χ1) is 30.8. The quantitative estimate of drug-likeness (QED) is 0.0668. The van der Waals surface area contributed by atoms with Gasteiger partial charge < -0.3 is 57.4 Å². The average molecular weight is 882 g/mol. The highest BCUT2D eigenvalue weighted by atomic mass is 16.5. The number of fused-ring (bicyclic) bond motifs is 5. The van der Waals surface area contributed by atoms with Crippen LogP contribution in [0.4, 0.5) is 0 Å². The van der Waals surface area contributed by atoms with Crippen molar-refractivity contribution in [2.24, 2.45) is 17.2 Å². The first-order valence-corrected chi connectivity index (χ1v) is 21.4. The number of likely N-dealkylation sites (N-methyl/N-ethyl adjacent to an activating group) is 1. The van der Waals surface area contributed by atoms with E-state index in [1.165, 1.54) is 7.05 Å². The van der Waals surface area contributed by atoms with Gasteiger partial charge in [-0.1, -0.05) is 31.9 Å². The zero-order chi connectivity index (χ0) is 46.3. The van der Waals surface area contributed by atoms with Gasteiger partial charge in [-0.2, -0.15) is 0 Å². The molecule has 2 heterocycles. The summed E-state index contributed by atoms with van der Waals surface area (Å²) in [4.78, 5) is 78.7. The van der Waals surface area contributed by atoms with Crippen LogP contribution in [0, 0.1) is 13.8 Å². The molecule has 4 bridgehead atoms. The molecule has 0 radical (unpaired) electrons. The summed E-state index contributed by atoms with van der Waals surface area (Å²) in [6.45, 7) is 6.18. The summed E-state index contributed by atoms with van der Waals surface area (Å²) in [5.74, 6) is -2.22. The number of amides is 4. The molecular weight excluding hydrogens is 823 g/mol. The van der Waals surface area contributed by atoms with Gasteiger partial charge >= 0.3 is 5.97 Å². The largest absolute Gasteiger partial charge is 0.494 e. The standard InChI is InChI=1S/C46H59N9O9/c1-5-6-7-20-62-32-12-9-30(10-13-32)42-51-27(2)40(28(3)52-42)43(57)54-35(16-17-47)45(59)55(4)41-31-11-15-38(64-22-19-49)34(25-31)33-23-29(8-14-37(33)63-21-18-48)24-36(46(60)61)53-39(56)26-50-44(41)58/h8-15,23,25,35-36,41H,5-7,16-22,24,26,47-49H2,1-4H3,(H,50,58)(H,53,56)(H,54,57)(H,60,61)/t35-,36-,41-/m0/s1. The van der Waals surface area contributed by atoms with E-state index in [0.717, 1.165) is 35.5 Å². The van der Waals surface area contributed by atoms with E-state index in [2.05, 4.69) is 32.8 Å². The highest BCUT2D eigenvalue weighted by Gasteiger charge is 2.35. The molecule has 64 heavy (non-hydrogen) atoms. The fraction of sp³-hybridized carbons (Fsp3) is 0.413. The third-order valence-corrected chi connectivity index (χ3v) is 10.6. The van der Waals surface area contributed by atoms with E-state index in [9.17, 15) is 29.1 Å². The topological polar surface area (TPSA) is 276 Å². The molecule has 0 spiro atoms. The van der Waals surface area contributed by atoms with E-state index < -0.39 is 54.3 Å². The number of carboxylic acids is 1. The minimum Gasteiger partial charge on any atom is -0.494 e. The molecule has 1 aliphatic heterocycles. The Morgan fingerprint density at radius 3 is 2.11 bits per heavy atom. The van der Waals surface area contributed by atoms with Gasteiger partial charge in [0.25, 0.3) is 5.91 Å². The molecule has 3 aromatic carbocycles. The molecule has 4 amide bonds. The number of carboxylic acid groups (broad SMARTS) is 1. The monoisotopic (exact) mass is 881 g/mol. The average Bonchev–Trinajstić information content (AvgIpc) is 3.27. The van der Waals surface area contributed by atoms with Crippen LogP contribution in [-0.4, -0.2) is 115 Å². The van der Waals surface area contributed by atoms with Gasteiger partial charge in [-0.05, 0) is 92.9 Å². The number of hydrogen-bond donors (Lipinski definition) is 7. The normalized spacial score (nSPS) is 15.5. The summed E-state index contributed by atoms with van der Waals surface area (Å²) in [6.07, 6.45) is 3.06. The molecule has 18 heteroatoms. The lowest BCUT2D eigenvalue weighted by Gasteiger charge is -2.32. The van der Waals surface area contributed by atoms with E-state index in [-0.39, 0.29) is 51.3 Å². The molecule has 10 N–H and O–H groups in total. The van der Waals surface area contributed by atoms with E-state index >= 15 is 0 Å². The second-order valence-corrected chi connectivity index (χ2v) is 15.4. The first kappa shape index (κ1) is 48.4. The Morgan fingerprint density at radius 2 is 1.50 bits per heavy atom. The Bertz CT molecular complexity index is 2270. The zero-order valence-corrected chi connectivity index (χ0v) is 36.8. The molecule has 0 saturated heterocycles.